The summed E-state index contributed by atoms with van der Waals surface area (Å²) >= 11 is 5.26. The van der Waals surface area contributed by atoms with Gasteiger partial charge in [0.15, 0.2) is 5.11 Å². The van der Waals surface area contributed by atoms with Gasteiger partial charge in [0.25, 0.3) is 5.69 Å². The van der Waals surface area contributed by atoms with E-state index >= 15 is 0 Å². The number of rotatable bonds is 4. The number of carbonyl (C=O) groups is 1. The van der Waals surface area contributed by atoms with Gasteiger partial charge >= 0.3 is 5.97 Å². The molecule has 1 unspecified atom stereocenters. The lowest BCUT2D eigenvalue weighted by Crippen LogP contribution is -2.48. The highest BCUT2D eigenvalue weighted by Crippen LogP contribution is 2.34. The second-order valence-corrected chi connectivity index (χ2v) is 5.20. The van der Waals surface area contributed by atoms with E-state index in [0.29, 0.717) is 22.9 Å². The number of carboxylic acid groups (broad SMARTS) is 1. The molecule has 8 heteroatoms. The summed E-state index contributed by atoms with van der Waals surface area (Å²) in [6.45, 7) is 3.95. The van der Waals surface area contributed by atoms with Gasteiger partial charge in [0.05, 0.1) is 16.5 Å². The maximum Gasteiger partial charge on any atom is 0.335 e. The Morgan fingerprint density at radius 3 is 2.77 bits per heavy atom. The molecule has 0 radical (unpaired) electrons. The Labute approximate surface area is 132 Å². The monoisotopic (exact) mass is 321 g/mol. The van der Waals surface area contributed by atoms with E-state index in [1.807, 2.05) is 6.92 Å². The summed E-state index contributed by atoms with van der Waals surface area (Å²) in [7, 11) is 0. The predicted octanol–water partition coefficient (Wildman–Crippen LogP) is 2.20. The number of hydrogen-bond acceptors (Lipinski definition) is 4. The van der Waals surface area contributed by atoms with Crippen molar-refractivity contribution in [3.63, 3.8) is 0 Å². The van der Waals surface area contributed by atoms with Crippen LogP contribution in [0.15, 0.2) is 35.5 Å². The van der Waals surface area contributed by atoms with Gasteiger partial charge in [0.2, 0.25) is 0 Å². The zero-order valence-electron chi connectivity index (χ0n) is 12.1. The van der Waals surface area contributed by atoms with Crippen LogP contribution in [0.2, 0.25) is 0 Å². The molecule has 0 fully saturated rings. The van der Waals surface area contributed by atoms with Gasteiger partial charge in [-0.3, -0.25) is 10.1 Å². The van der Waals surface area contributed by atoms with E-state index in [1.165, 1.54) is 12.1 Å². The van der Waals surface area contributed by atoms with Gasteiger partial charge in [-0.1, -0.05) is 12.1 Å². The molecule has 2 N–H and O–H groups in total. The minimum absolute atomic E-state index is 0.0830. The lowest BCUT2D eigenvalue weighted by molar-refractivity contribution is -0.384. The number of aliphatic carboxylic acids is 1. The summed E-state index contributed by atoms with van der Waals surface area (Å²) < 4.78 is 0. The number of allylic oxidation sites excluding steroid dienone is 1. The lowest BCUT2D eigenvalue weighted by Gasteiger charge is -2.38. The molecule has 7 nitrogen and oxygen atoms in total. The molecule has 1 atom stereocenters. The fourth-order valence-corrected chi connectivity index (χ4v) is 2.92. The molecule has 0 amide bonds. The van der Waals surface area contributed by atoms with Crippen molar-refractivity contribution >= 4 is 29.0 Å². The van der Waals surface area contributed by atoms with E-state index in [2.05, 4.69) is 5.32 Å². The van der Waals surface area contributed by atoms with Crippen LogP contribution in [0.1, 0.15) is 25.5 Å². The third-order valence-corrected chi connectivity index (χ3v) is 3.85. The van der Waals surface area contributed by atoms with Crippen molar-refractivity contribution in [2.75, 3.05) is 6.54 Å². The highest BCUT2D eigenvalue weighted by Gasteiger charge is 2.35. The third kappa shape index (κ3) is 2.77. The van der Waals surface area contributed by atoms with Gasteiger partial charge in [0, 0.05) is 24.4 Å². The molecule has 1 aliphatic rings. The van der Waals surface area contributed by atoms with Gasteiger partial charge < -0.3 is 15.3 Å². The maximum absolute atomic E-state index is 11.6. The first kappa shape index (κ1) is 15.9. The molecule has 1 heterocycles. The van der Waals surface area contributed by atoms with Crippen LogP contribution < -0.4 is 5.32 Å². The summed E-state index contributed by atoms with van der Waals surface area (Å²) in [5, 5.41) is 23.7. The highest BCUT2D eigenvalue weighted by molar-refractivity contribution is 7.80. The number of nitrogens with one attached hydrogen (secondary N) is 1. The minimum atomic E-state index is -1.08. The number of non-ortho nitro benzene ring substituents is 1. The van der Waals surface area contributed by atoms with Crippen LogP contribution in [-0.4, -0.2) is 32.6 Å². The SMILES string of the molecule is CCN1C(=S)NC(C)=C(C(=O)O)C1c1cccc([N+](=O)[O-])c1. The van der Waals surface area contributed by atoms with Crippen molar-refractivity contribution in [1.82, 2.24) is 10.2 Å². The van der Waals surface area contributed by atoms with Crippen molar-refractivity contribution in [2.24, 2.45) is 0 Å². The van der Waals surface area contributed by atoms with E-state index in [4.69, 9.17) is 12.2 Å². The maximum atomic E-state index is 11.6. The highest BCUT2D eigenvalue weighted by atomic mass is 32.1. The van der Waals surface area contributed by atoms with Crippen molar-refractivity contribution in [2.45, 2.75) is 19.9 Å². The first-order valence-electron chi connectivity index (χ1n) is 6.62. The molecule has 0 saturated carbocycles. The number of thiocarbonyl (C=S) groups is 1. The molecular weight excluding hydrogens is 306 g/mol. The fourth-order valence-electron chi connectivity index (χ4n) is 2.54. The Morgan fingerprint density at radius 2 is 2.23 bits per heavy atom. The summed E-state index contributed by atoms with van der Waals surface area (Å²) in [5.74, 6) is -1.08. The van der Waals surface area contributed by atoms with Crippen LogP contribution in [0.3, 0.4) is 0 Å². The minimum Gasteiger partial charge on any atom is -0.478 e. The van der Waals surface area contributed by atoms with Gasteiger partial charge in [-0.05, 0) is 31.6 Å². The smallest absolute Gasteiger partial charge is 0.335 e. The molecular formula is C14H15N3O4S. The van der Waals surface area contributed by atoms with Gasteiger partial charge in [-0.2, -0.15) is 0 Å². The fraction of sp³-hybridized carbons (Fsp3) is 0.286. The number of nitro benzene ring substituents is 1. The Bertz CT molecular complexity index is 686. The number of nitrogens with zero attached hydrogens (tertiary/aromatic N) is 2. The molecule has 1 aliphatic heterocycles. The second-order valence-electron chi connectivity index (χ2n) is 4.81. The molecule has 0 saturated heterocycles. The van der Waals surface area contributed by atoms with E-state index < -0.39 is 16.9 Å². The largest absolute Gasteiger partial charge is 0.478 e. The molecule has 0 aromatic heterocycles. The van der Waals surface area contributed by atoms with Crippen LogP contribution in [-0.2, 0) is 4.79 Å². The molecule has 116 valence electrons. The van der Waals surface area contributed by atoms with Crippen molar-refractivity contribution < 1.29 is 14.8 Å². The zero-order valence-corrected chi connectivity index (χ0v) is 12.9. The van der Waals surface area contributed by atoms with Crippen LogP contribution >= 0.6 is 12.2 Å². The Kier molecular flexibility index (Phi) is 4.41. The van der Waals surface area contributed by atoms with Crippen molar-refractivity contribution in [1.29, 1.82) is 0 Å². The van der Waals surface area contributed by atoms with Gasteiger partial charge in [-0.15, -0.1) is 0 Å². The summed E-state index contributed by atoms with van der Waals surface area (Å²) in [6.07, 6.45) is 0. The first-order valence-corrected chi connectivity index (χ1v) is 7.03. The Hall–Kier alpha value is -2.48. The molecule has 0 bridgehead atoms. The van der Waals surface area contributed by atoms with Crippen LogP contribution in [0.5, 0.6) is 0 Å². The molecule has 1 aromatic carbocycles. The molecule has 2 rings (SSSR count). The average molecular weight is 321 g/mol. The van der Waals surface area contributed by atoms with E-state index in [0.717, 1.165) is 0 Å². The molecule has 0 aliphatic carbocycles. The Balaban J connectivity index is 2.62. The number of carboxylic acids is 1. The number of benzene rings is 1. The van der Waals surface area contributed by atoms with Crippen molar-refractivity contribution in [3.05, 3.63) is 51.2 Å². The van der Waals surface area contributed by atoms with Gasteiger partial charge in [0.1, 0.15) is 0 Å². The first-order chi connectivity index (χ1) is 10.4. The van der Waals surface area contributed by atoms with Crippen LogP contribution in [0.25, 0.3) is 0 Å². The number of hydrogen-bond donors (Lipinski definition) is 2. The van der Waals surface area contributed by atoms with Crippen LogP contribution in [0, 0.1) is 10.1 Å². The van der Waals surface area contributed by atoms with E-state index in [1.54, 1.807) is 24.0 Å². The van der Waals surface area contributed by atoms with Gasteiger partial charge in [-0.25, -0.2) is 4.79 Å². The van der Waals surface area contributed by atoms with Crippen LogP contribution in [0.4, 0.5) is 5.69 Å². The quantitative estimate of drug-likeness (QED) is 0.498. The third-order valence-electron chi connectivity index (χ3n) is 3.51. The zero-order chi connectivity index (χ0) is 16.4. The standard InChI is InChI=1S/C14H15N3O4S/c1-3-16-12(9-5-4-6-10(7-9)17(20)21)11(13(18)19)8(2)15-14(16)22/h4-7,12H,3H2,1-2H3,(H,15,22)(H,18,19). The molecule has 0 spiro atoms. The average Bonchev–Trinajstić information content (AvgIpc) is 2.46. The lowest BCUT2D eigenvalue weighted by atomic mass is 9.93. The predicted molar refractivity (Wildman–Crippen MR) is 84.3 cm³/mol. The summed E-state index contributed by atoms with van der Waals surface area (Å²) in [4.78, 5) is 23.8. The summed E-state index contributed by atoms with van der Waals surface area (Å²) in [6, 6.07) is 5.32. The number of nitro groups is 1. The second kappa shape index (κ2) is 6.10. The van der Waals surface area contributed by atoms with Crippen molar-refractivity contribution in [3.8, 4) is 0 Å². The van der Waals surface area contributed by atoms with E-state index in [-0.39, 0.29) is 11.3 Å². The number of likely N-dealkylation sites (N-methyl/N-ethyl adjacent to an activating group) is 1. The topological polar surface area (TPSA) is 95.7 Å². The Morgan fingerprint density at radius 1 is 1.55 bits per heavy atom. The molecule has 1 aromatic rings. The normalized spacial score (nSPS) is 18.2. The molecule has 22 heavy (non-hydrogen) atoms. The summed E-state index contributed by atoms with van der Waals surface area (Å²) in [5.41, 5.74) is 1.02. The van der Waals surface area contributed by atoms with E-state index in [9.17, 15) is 20.0 Å².